The Labute approximate surface area is 182 Å². The van der Waals surface area contributed by atoms with Crippen LogP contribution in [0, 0.1) is 0 Å². The summed E-state index contributed by atoms with van der Waals surface area (Å²) in [6.45, 7) is 2.87. The average molecular weight is 440 g/mol. The van der Waals surface area contributed by atoms with Gasteiger partial charge in [0.05, 0.1) is 23.3 Å². The minimum Gasteiger partial charge on any atom is -0.467 e. The highest BCUT2D eigenvalue weighted by Crippen LogP contribution is 2.33. The lowest BCUT2D eigenvalue weighted by atomic mass is 10.1. The first-order chi connectivity index (χ1) is 14.9. The van der Waals surface area contributed by atoms with Crippen molar-refractivity contribution >= 4 is 21.6 Å². The van der Waals surface area contributed by atoms with E-state index >= 15 is 0 Å². The van der Waals surface area contributed by atoms with Gasteiger partial charge in [-0.25, -0.2) is 13.1 Å². The molecule has 31 heavy (non-hydrogen) atoms. The number of carbonyl (C=O) groups excluding carboxylic acids is 1. The maximum absolute atomic E-state index is 12.8. The van der Waals surface area contributed by atoms with Crippen molar-refractivity contribution in [3.63, 3.8) is 0 Å². The van der Waals surface area contributed by atoms with Crippen molar-refractivity contribution in [2.24, 2.45) is 0 Å². The van der Waals surface area contributed by atoms with Crippen LogP contribution in [0.15, 0.2) is 70.2 Å². The molecule has 0 bridgehead atoms. The molecule has 2 heterocycles. The van der Waals surface area contributed by atoms with Crippen LogP contribution in [-0.4, -0.2) is 27.4 Å². The van der Waals surface area contributed by atoms with E-state index in [4.69, 9.17) is 4.42 Å². The van der Waals surface area contributed by atoms with Gasteiger partial charge in [0.15, 0.2) is 0 Å². The SMILES string of the molecule is CNS(=O)(=O)c1cccc(CNC(=O)c2ccoc2CN2c3ccccc3CC2C)c1. The molecule has 2 aromatic carbocycles. The lowest BCUT2D eigenvalue weighted by Gasteiger charge is -2.24. The van der Waals surface area contributed by atoms with Gasteiger partial charge in [0.2, 0.25) is 10.0 Å². The number of anilines is 1. The number of benzene rings is 2. The summed E-state index contributed by atoms with van der Waals surface area (Å²) < 4.78 is 31.9. The first kappa shape index (κ1) is 21.1. The maximum Gasteiger partial charge on any atom is 0.255 e. The van der Waals surface area contributed by atoms with Crippen LogP contribution in [0.5, 0.6) is 0 Å². The maximum atomic E-state index is 12.8. The molecule has 7 nitrogen and oxygen atoms in total. The lowest BCUT2D eigenvalue weighted by molar-refractivity contribution is 0.0949. The highest BCUT2D eigenvalue weighted by Gasteiger charge is 2.28. The minimum atomic E-state index is -3.54. The van der Waals surface area contributed by atoms with Crippen LogP contribution in [0.2, 0.25) is 0 Å². The van der Waals surface area contributed by atoms with Crippen molar-refractivity contribution in [1.29, 1.82) is 0 Å². The van der Waals surface area contributed by atoms with Crippen molar-refractivity contribution in [3.8, 4) is 0 Å². The molecule has 1 aliphatic rings. The van der Waals surface area contributed by atoms with Crippen LogP contribution in [0.3, 0.4) is 0 Å². The van der Waals surface area contributed by atoms with Crippen LogP contribution >= 0.6 is 0 Å². The average Bonchev–Trinajstić information content (AvgIpc) is 3.37. The molecule has 0 aliphatic carbocycles. The number of hydrogen-bond donors (Lipinski definition) is 2. The summed E-state index contributed by atoms with van der Waals surface area (Å²) in [6.07, 6.45) is 2.49. The molecular weight excluding hydrogens is 414 g/mol. The Kier molecular flexibility index (Phi) is 5.84. The standard InChI is InChI=1S/C23H25N3O4S/c1-16-12-18-7-3-4-9-21(18)26(16)15-22-20(10-11-30-22)23(27)25-14-17-6-5-8-19(13-17)31(28,29)24-2/h3-11,13,16,24H,12,14-15H2,1-2H3,(H,25,27). The monoisotopic (exact) mass is 439 g/mol. The van der Waals surface area contributed by atoms with E-state index in [2.05, 4.69) is 34.0 Å². The molecule has 2 N–H and O–H groups in total. The first-order valence-corrected chi connectivity index (χ1v) is 11.6. The minimum absolute atomic E-state index is 0.160. The molecule has 8 heteroatoms. The van der Waals surface area contributed by atoms with Gasteiger partial charge in [-0.05, 0) is 55.8 Å². The topological polar surface area (TPSA) is 91.7 Å². The largest absolute Gasteiger partial charge is 0.467 e. The number of carbonyl (C=O) groups is 1. The van der Waals surface area contributed by atoms with Gasteiger partial charge in [-0.2, -0.15) is 0 Å². The fourth-order valence-electron chi connectivity index (χ4n) is 3.91. The number of sulfonamides is 1. The van der Waals surface area contributed by atoms with Crippen molar-refractivity contribution < 1.29 is 17.6 Å². The second-order valence-electron chi connectivity index (χ2n) is 7.60. The number of nitrogens with zero attached hydrogens (tertiary/aromatic N) is 1. The Morgan fingerprint density at radius 1 is 1.16 bits per heavy atom. The molecule has 1 unspecified atom stereocenters. The molecule has 1 amide bonds. The van der Waals surface area contributed by atoms with Gasteiger partial charge in [0, 0.05) is 18.3 Å². The van der Waals surface area contributed by atoms with E-state index in [-0.39, 0.29) is 17.3 Å². The van der Waals surface area contributed by atoms with Gasteiger partial charge in [-0.1, -0.05) is 30.3 Å². The normalized spacial score (nSPS) is 15.7. The molecular formula is C23H25N3O4S. The van der Waals surface area contributed by atoms with Crippen LogP contribution < -0.4 is 14.9 Å². The van der Waals surface area contributed by atoms with Crippen LogP contribution in [0.25, 0.3) is 0 Å². The summed E-state index contributed by atoms with van der Waals surface area (Å²) in [4.78, 5) is 15.2. The molecule has 4 rings (SSSR count). The van der Waals surface area contributed by atoms with E-state index in [0.29, 0.717) is 29.5 Å². The first-order valence-electron chi connectivity index (χ1n) is 10.1. The second kappa shape index (κ2) is 8.56. The Morgan fingerprint density at radius 2 is 1.97 bits per heavy atom. The van der Waals surface area contributed by atoms with Crippen molar-refractivity contribution in [1.82, 2.24) is 10.0 Å². The molecule has 162 valence electrons. The third-order valence-electron chi connectivity index (χ3n) is 5.58. The van der Waals surface area contributed by atoms with Gasteiger partial charge >= 0.3 is 0 Å². The van der Waals surface area contributed by atoms with Gasteiger partial charge in [0.1, 0.15) is 5.76 Å². The zero-order valence-corrected chi connectivity index (χ0v) is 18.3. The Hall–Kier alpha value is -3.10. The van der Waals surface area contributed by atoms with Gasteiger partial charge < -0.3 is 14.6 Å². The molecule has 1 atom stereocenters. The molecule has 0 radical (unpaired) electrons. The van der Waals surface area contributed by atoms with Gasteiger partial charge in [-0.15, -0.1) is 0 Å². The Morgan fingerprint density at radius 3 is 2.77 bits per heavy atom. The van der Waals surface area contributed by atoms with Gasteiger partial charge in [0.25, 0.3) is 5.91 Å². The quantitative estimate of drug-likeness (QED) is 0.590. The highest BCUT2D eigenvalue weighted by molar-refractivity contribution is 7.89. The van der Waals surface area contributed by atoms with Crippen molar-refractivity contribution in [2.75, 3.05) is 11.9 Å². The number of nitrogens with one attached hydrogen (secondary N) is 2. The molecule has 0 saturated carbocycles. The summed E-state index contributed by atoms with van der Waals surface area (Å²) >= 11 is 0. The number of para-hydroxylation sites is 1. The van der Waals surface area contributed by atoms with E-state index in [0.717, 1.165) is 6.42 Å². The predicted molar refractivity (Wildman–Crippen MR) is 118 cm³/mol. The molecule has 0 fully saturated rings. The van der Waals surface area contributed by atoms with Crippen LogP contribution in [0.1, 0.15) is 34.2 Å². The van der Waals surface area contributed by atoms with E-state index in [1.165, 1.54) is 30.6 Å². The Balaban J connectivity index is 1.46. The summed E-state index contributed by atoms with van der Waals surface area (Å²) in [6, 6.07) is 16.7. The number of amides is 1. The van der Waals surface area contributed by atoms with Crippen molar-refractivity contribution in [2.45, 2.75) is 37.4 Å². The number of fused-ring (bicyclic) bond motifs is 1. The van der Waals surface area contributed by atoms with Crippen molar-refractivity contribution in [3.05, 3.63) is 83.3 Å². The fourth-order valence-corrected chi connectivity index (χ4v) is 4.71. The van der Waals surface area contributed by atoms with Crippen LogP contribution in [0.4, 0.5) is 5.69 Å². The summed E-state index contributed by atoms with van der Waals surface area (Å²) in [7, 11) is -2.17. The lowest BCUT2D eigenvalue weighted by Crippen LogP contribution is -2.30. The highest BCUT2D eigenvalue weighted by atomic mass is 32.2. The third kappa shape index (κ3) is 4.35. The van der Waals surface area contributed by atoms with E-state index in [9.17, 15) is 13.2 Å². The molecule has 0 saturated heterocycles. The Bertz CT molecular complexity index is 1200. The van der Waals surface area contributed by atoms with E-state index in [1.807, 2.05) is 12.1 Å². The zero-order chi connectivity index (χ0) is 22.0. The second-order valence-corrected chi connectivity index (χ2v) is 9.49. The molecule has 1 aliphatic heterocycles. The third-order valence-corrected chi connectivity index (χ3v) is 6.99. The van der Waals surface area contributed by atoms with E-state index < -0.39 is 10.0 Å². The zero-order valence-electron chi connectivity index (χ0n) is 17.5. The molecule has 3 aromatic rings. The van der Waals surface area contributed by atoms with Gasteiger partial charge in [-0.3, -0.25) is 4.79 Å². The number of hydrogen-bond acceptors (Lipinski definition) is 5. The number of rotatable bonds is 7. The van der Waals surface area contributed by atoms with E-state index in [1.54, 1.807) is 24.3 Å². The summed E-state index contributed by atoms with van der Waals surface area (Å²) in [5.41, 5.74) is 3.64. The smallest absolute Gasteiger partial charge is 0.255 e. The molecule has 0 spiro atoms. The summed E-state index contributed by atoms with van der Waals surface area (Å²) in [5.74, 6) is 0.346. The molecule has 1 aromatic heterocycles. The number of furan rings is 1. The predicted octanol–water partition coefficient (Wildman–Crippen LogP) is 3.07. The summed E-state index contributed by atoms with van der Waals surface area (Å²) in [5, 5.41) is 2.86. The fraction of sp³-hybridized carbons (Fsp3) is 0.261. The van der Waals surface area contributed by atoms with Crippen LogP contribution in [-0.2, 0) is 29.5 Å².